The summed E-state index contributed by atoms with van der Waals surface area (Å²) in [5.41, 5.74) is 2.24. The third-order valence-corrected chi connectivity index (χ3v) is 4.00. The van der Waals surface area contributed by atoms with Gasteiger partial charge >= 0.3 is 0 Å². The fraction of sp³-hybridized carbons (Fsp3) is 0.286. The van der Waals surface area contributed by atoms with E-state index < -0.39 is 0 Å². The highest BCUT2D eigenvalue weighted by Crippen LogP contribution is 2.23. The number of hydrogen-bond acceptors (Lipinski definition) is 5. The van der Waals surface area contributed by atoms with E-state index in [2.05, 4.69) is 44.8 Å². The number of likely N-dealkylation sites (N-methyl/N-ethyl adjacent to an activating group) is 1. The van der Waals surface area contributed by atoms with E-state index in [0.717, 1.165) is 36.3 Å². The van der Waals surface area contributed by atoms with Crippen molar-refractivity contribution in [2.45, 2.75) is 6.54 Å². The molecule has 0 spiro atoms. The Balaban J connectivity index is 1.66. The van der Waals surface area contributed by atoms with Crippen molar-refractivity contribution in [2.75, 3.05) is 20.1 Å². The third kappa shape index (κ3) is 2.76. The van der Waals surface area contributed by atoms with Crippen LogP contribution in [0, 0.1) is 0 Å². The predicted octanol–water partition coefficient (Wildman–Crippen LogP) is 2.20. The topological polar surface area (TPSA) is 40.5 Å². The molecule has 0 atom stereocenters. The lowest BCUT2D eigenvalue weighted by Gasteiger charge is -2.14. The fourth-order valence-corrected chi connectivity index (χ4v) is 2.82. The first-order valence-electron chi connectivity index (χ1n) is 6.32. The minimum atomic E-state index is 0.729. The van der Waals surface area contributed by atoms with Crippen molar-refractivity contribution in [3.05, 3.63) is 41.4 Å². The van der Waals surface area contributed by atoms with Crippen LogP contribution in [-0.2, 0) is 6.54 Å². The number of thiazole rings is 1. The number of hydrogen-bond donors (Lipinski definition) is 1. The standard InChI is InChI=1S/C14H16N4S/c1-18-8-7-15-14(18)16-9-12-10-19-13(17-12)11-5-3-2-4-6-11/h2-6,10H,7-9H2,1H3,(H,15,16). The zero-order chi connectivity index (χ0) is 13.1. The van der Waals surface area contributed by atoms with Crippen LogP contribution in [0.2, 0.25) is 0 Å². The second-order valence-electron chi connectivity index (χ2n) is 4.49. The van der Waals surface area contributed by atoms with Crippen molar-refractivity contribution in [1.82, 2.24) is 15.2 Å². The molecule has 0 saturated carbocycles. The molecule has 98 valence electrons. The number of nitrogens with one attached hydrogen (secondary N) is 1. The van der Waals surface area contributed by atoms with Gasteiger partial charge in [0, 0.05) is 24.5 Å². The van der Waals surface area contributed by atoms with E-state index in [1.807, 2.05) is 18.2 Å². The summed E-state index contributed by atoms with van der Waals surface area (Å²) in [7, 11) is 2.05. The summed E-state index contributed by atoms with van der Waals surface area (Å²) in [5.74, 6) is 0.967. The molecule has 4 nitrogen and oxygen atoms in total. The smallest absolute Gasteiger partial charge is 0.194 e. The van der Waals surface area contributed by atoms with E-state index >= 15 is 0 Å². The molecule has 1 aliphatic rings. The largest absolute Gasteiger partial charge is 0.351 e. The second kappa shape index (κ2) is 5.40. The Morgan fingerprint density at radius 2 is 2.16 bits per heavy atom. The van der Waals surface area contributed by atoms with Crippen LogP contribution < -0.4 is 5.32 Å². The van der Waals surface area contributed by atoms with E-state index in [1.54, 1.807) is 11.3 Å². The van der Waals surface area contributed by atoms with Crippen molar-refractivity contribution >= 4 is 17.3 Å². The molecule has 0 fully saturated rings. The van der Waals surface area contributed by atoms with Gasteiger partial charge in [0.15, 0.2) is 5.96 Å². The maximum atomic E-state index is 4.65. The summed E-state index contributed by atoms with van der Waals surface area (Å²) in [4.78, 5) is 11.2. The highest BCUT2D eigenvalue weighted by Gasteiger charge is 2.12. The Hall–Kier alpha value is -1.88. The Kier molecular flexibility index (Phi) is 3.46. The van der Waals surface area contributed by atoms with Crippen molar-refractivity contribution in [3.63, 3.8) is 0 Å². The molecule has 0 aliphatic carbocycles. The van der Waals surface area contributed by atoms with Crippen LogP contribution in [0.15, 0.2) is 40.7 Å². The minimum Gasteiger partial charge on any atom is -0.351 e. The lowest BCUT2D eigenvalue weighted by Crippen LogP contribution is -2.35. The van der Waals surface area contributed by atoms with Crippen molar-refractivity contribution in [1.29, 1.82) is 0 Å². The zero-order valence-electron chi connectivity index (χ0n) is 10.8. The van der Waals surface area contributed by atoms with Crippen LogP contribution in [-0.4, -0.2) is 36.0 Å². The summed E-state index contributed by atoms with van der Waals surface area (Å²) in [6.45, 7) is 2.60. The van der Waals surface area contributed by atoms with E-state index in [9.17, 15) is 0 Å². The molecule has 0 saturated heterocycles. The summed E-state index contributed by atoms with van der Waals surface area (Å²) in [6, 6.07) is 10.3. The second-order valence-corrected chi connectivity index (χ2v) is 5.35. The van der Waals surface area contributed by atoms with Crippen molar-refractivity contribution < 1.29 is 0 Å². The first kappa shape index (κ1) is 12.2. The average molecular weight is 272 g/mol. The first-order chi connectivity index (χ1) is 9.33. The number of guanidine groups is 1. The predicted molar refractivity (Wildman–Crippen MR) is 79.3 cm³/mol. The molecule has 1 aromatic heterocycles. The Morgan fingerprint density at radius 1 is 1.32 bits per heavy atom. The van der Waals surface area contributed by atoms with E-state index in [0.29, 0.717) is 0 Å². The maximum Gasteiger partial charge on any atom is 0.194 e. The molecule has 1 aromatic carbocycles. The van der Waals surface area contributed by atoms with Crippen molar-refractivity contribution in [2.24, 2.45) is 4.99 Å². The number of aliphatic imine (C=N–C) groups is 1. The maximum absolute atomic E-state index is 4.65. The van der Waals surface area contributed by atoms with Gasteiger partial charge in [-0.3, -0.25) is 4.99 Å². The summed E-state index contributed by atoms with van der Waals surface area (Å²) < 4.78 is 0. The number of benzene rings is 1. The van der Waals surface area contributed by atoms with Gasteiger partial charge in [0.25, 0.3) is 0 Å². The SMILES string of the molecule is CN1CCN=C1NCc1csc(-c2ccccc2)n1. The van der Waals surface area contributed by atoms with Crippen LogP contribution >= 0.6 is 11.3 Å². The Morgan fingerprint density at radius 3 is 2.89 bits per heavy atom. The lowest BCUT2D eigenvalue weighted by atomic mass is 10.2. The van der Waals surface area contributed by atoms with Gasteiger partial charge in [-0.1, -0.05) is 30.3 Å². The van der Waals surface area contributed by atoms with Gasteiger partial charge in [-0.05, 0) is 0 Å². The highest BCUT2D eigenvalue weighted by atomic mass is 32.1. The van der Waals surface area contributed by atoms with Gasteiger partial charge < -0.3 is 10.2 Å². The molecule has 0 radical (unpaired) electrons. The monoisotopic (exact) mass is 272 g/mol. The van der Waals surface area contributed by atoms with Crippen LogP contribution in [0.3, 0.4) is 0 Å². The van der Waals surface area contributed by atoms with Gasteiger partial charge in [0.2, 0.25) is 0 Å². The van der Waals surface area contributed by atoms with Gasteiger partial charge in [-0.25, -0.2) is 4.98 Å². The lowest BCUT2D eigenvalue weighted by molar-refractivity contribution is 0.533. The van der Waals surface area contributed by atoms with E-state index in [-0.39, 0.29) is 0 Å². The molecular formula is C14H16N4S. The number of rotatable bonds is 3. The van der Waals surface area contributed by atoms with Crippen LogP contribution in [0.25, 0.3) is 10.6 Å². The molecule has 1 aliphatic heterocycles. The van der Waals surface area contributed by atoms with Gasteiger partial charge in [0.05, 0.1) is 18.8 Å². The summed E-state index contributed by atoms with van der Waals surface area (Å²) >= 11 is 1.68. The Labute approximate surface area is 116 Å². The average Bonchev–Trinajstić information content (AvgIpc) is 3.06. The molecule has 2 heterocycles. The third-order valence-electron chi connectivity index (χ3n) is 3.06. The van der Waals surface area contributed by atoms with E-state index in [4.69, 9.17) is 0 Å². The zero-order valence-corrected chi connectivity index (χ0v) is 11.7. The molecule has 0 bridgehead atoms. The quantitative estimate of drug-likeness (QED) is 0.931. The molecule has 2 aromatic rings. The number of nitrogens with zero attached hydrogens (tertiary/aromatic N) is 3. The molecule has 3 rings (SSSR count). The van der Waals surface area contributed by atoms with Crippen LogP contribution in [0.4, 0.5) is 0 Å². The number of aromatic nitrogens is 1. The molecule has 0 amide bonds. The van der Waals surface area contributed by atoms with Crippen LogP contribution in [0.1, 0.15) is 5.69 Å². The molecule has 0 unspecified atom stereocenters. The first-order valence-corrected chi connectivity index (χ1v) is 7.20. The minimum absolute atomic E-state index is 0.729. The Bertz CT molecular complexity index is 576. The fourth-order valence-electron chi connectivity index (χ4n) is 1.99. The van der Waals surface area contributed by atoms with Gasteiger partial charge in [0.1, 0.15) is 5.01 Å². The van der Waals surface area contributed by atoms with Crippen LogP contribution in [0.5, 0.6) is 0 Å². The van der Waals surface area contributed by atoms with Gasteiger partial charge in [-0.2, -0.15) is 0 Å². The normalized spacial score (nSPS) is 14.6. The van der Waals surface area contributed by atoms with Gasteiger partial charge in [-0.15, -0.1) is 11.3 Å². The van der Waals surface area contributed by atoms with Crippen molar-refractivity contribution in [3.8, 4) is 10.6 Å². The molecule has 1 N–H and O–H groups in total. The summed E-state index contributed by atoms with van der Waals surface area (Å²) in [6.07, 6.45) is 0. The highest BCUT2D eigenvalue weighted by molar-refractivity contribution is 7.13. The van der Waals surface area contributed by atoms with E-state index in [1.165, 1.54) is 5.56 Å². The summed E-state index contributed by atoms with van der Waals surface area (Å²) in [5, 5.41) is 6.50. The molecule has 19 heavy (non-hydrogen) atoms. The molecular weight excluding hydrogens is 256 g/mol. The molecule has 5 heteroatoms.